The molecule has 2 bridgehead atoms. The Morgan fingerprint density at radius 1 is 1.33 bits per heavy atom. The maximum absolute atomic E-state index is 12.3. The second kappa shape index (κ2) is 8.41. The summed E-state index contributed by atoms with van der Waals surface area (Å²) in [6.07, 6.45) is 5.32. The van der Waals surface area contributed by atoms with Crippen molar-refractivity contribution in [1.82, 2.24) is 25.1 Å². The molecule has 2 aliphatic carbocycles. The summed E-state index contributed by atoms with van der Waals surface area (Å²) in [5, 5.41) is 11.3. The van der Waals surface area contributed by atoms with Crippen LogP contribution < -0.4 is 16.6 Å². The van der Waals surface area contributed by atoms with Crippen molar-refractivity contribution in [3.8, 4) is 0 Å². The topological polar surface area (TPSA) is 123 Å². The van der Waals surface area contributed by atoms with Gasteiger partial charge in [-0.05, 0) is 50.9 Å². The lowest BCUT2D eigenvalue weighted by Gasteiger charge is -2.28. The number of fused-ring (bicyclic) bond motifs is 2. The Morgan fingerprint density at radius 3 is 2.83 bits per heavy atom. The van der Waals surface area contributed by atoms with E-state index < -0.39 is 11.2 Å². The van der Waals surface area contributed by atoms with Crippen molar-refractivity contribution in [2.24, 2.45) is 24.8 Å². The Bertz CT molecular complexity index is 1060. The molecule has 1 amide bonds. The van der Waals surface area contributed by atoms with Gasteiger partial charge in [-0.1, -0.05) is 18.2 Å². The van der Waals surface area contributed by atoms with E-state index in [0.29, 0.717) is 17.2 Å². The van der Waals surface area contributed by atoms with Gasteiger partial charge in [0, 0.05) is 24.3 Å². The minimum absolute atomic E-state index is 0.0413. The van der Waals surface area contributed by atoms with Gasteiger partial charge < -0.3 is 14.7 Å². The van der Waals surface area contributed by atoms with Crippen LogP contribution in [0.2, 0.25) is 0 Å². The number of carbonyl (C=O) groups is 1. The average molecular weight is 434 g/mol. The first-order chi connectivity index (χ1) is 14.3. The number of thioether (sulfide) groups is 1. The van der Waals surface area contributed by atoms with Crippen molar-refractivity contribution in [3.63, 3.8) is 0 Å². The lowest BCUT2D eigenvalue weighted by atomic mass is 9.84. The third-order valence-corrected chi connectivity index (χ3v) is 7.36. The molecule has 0 radical (unpaired) electrons. The van der Waals surface area contributed by atoms with Crippen LogP contribution in [0.25, 0.3) is 0 Å². The van der Waals surface area contributed by atoms with Crippen LogP contribution in [0.4, 0.5) is 0 Å². The van der Waals surface area contributed by atoms with Crippen molar-refractivity contribution in [1.29, 1.82) is 0 Å². The van der Waals surface area contributed by atoms with Crippen LogP contribution in [0.5, 0.6) is 0 Å². The molecule has 2 aliphatic rings. The number of aromatic amines is 1. The van der Waals surface area contributed by atoms with Crippen molar-refractivity contribution in [2.45, 2.75) is 57.2 Å². The van der Waals surface area contributed by atoms with Crippen molar-refractivity contribution in [2.75, 3.05) is 5.75 Å². The molecule has 0 aliphatic heterocycles. The van der Waals surface area contributed by atoms with Crippen LogP contribution >= 0.6 is 11.8 Å². The standard InChI is InChI=1S/C20H27N5O4S/c1-10(14-7-12-4-5-13(14)6-12)21-16(26)9-30-20-24-23-17(29-20)8-15-11(2)22-19(28)25(3)18(15)27/h10,12-14H,4-9H2,1-3H3,(H,21,26)(H,22,28). The average Bonchev–Trinajstić information content (AvgIpc) is 3.45. The smallest absolute Gasteiger partial charge is 0.328 e. The third-order valence-electron chi connectivity index (χ3n) is 6.54. The van der Waals surface area contributed by atoms with Gasteiger partial charge in [-0.2, -0.15) is 0 Å². The number of carbonyl (C=O) groups excluding carboxylic acids is 1. The molecule has 0 aromatic carbocycles. The largest absolute Gasteiger partial charge is 0.416 e. The van der Waals surface area contributed by atoms with Crippen LogP contribution in [-0.4, -0.2) is 37.5 Å². The van der Waals surface area contributed by atoms with Gasteiger partial charge in [0.25, 0.3) is 10.8 Å². The zero-order valence-electron chi connectivity index (χ0n) is 17.4. The van der Waals surface area contributed by atoms with Gasteiger partial charge in [0.1, 0.15) is 0 Å². The molecule has 30 heavy (non-hydrogen) atoms. The van der Waals surface area contributed by atoms with Crippen LogP contribution in [-0.2, 0) is 18.3 Å². The molecule has 0 spiro atoms. The van der Waals surface area contributed by atoms with Crippen LogP contribution in [0.1, 0.15) is 49.8 Å². The van der Waals surface area contributed by atoms with Gasteiger partial charge in [-0.15, -0.1) is 10.2 Å². The normalized spacial score (nSPS) is 23.6. The molecule has 4 unspecified atom stereocenters. The zero-order chi connectivity index (χ0) is 21.4. The van der Waals surface area contributed by atoms with E-state index in [-0.39, 0.29) is 35.2 Å². The maximum atomic E-state index is 12.3. The second-order valence-corrected chi connectivity index (χ2v) is 9.45. The number of hydrogen-bond donors (Lipinski definition) is 2. The van der Waals surface area contributed by atoms with Gasteiger partial charge >= 0.3 is 5.69 Å². The van der Waals surface area contributed by atoms with E-state index in [4.69, 9.17) is 4.42 Å². The summed E-state index contributed by atoms with van der Waals surface area (Å²) < 4.78 is 6.59. The Kier molecular flexibility index (Phi) is 5.86. The predicted molar refractivity (Wildman–Crippen MR) is 111 cm³/mol. The number of aromatic nitrogens is 4. The van der Waals surface area contributed by atoms with Crippen LogP contribution in [0.15, 0.2) is 19.2 Å². The highest BCUT2D eigenvalue weighted by Crippen LogP contribution is 2.49. The molecule has 9 nitrogen and oxygen atoms in total. The Balaban J connectivity index is 1.31. The number of nitrogens with one attached hydrogen (secondary N) is 2. The van der Waals surface area contributed by atoms with E-state index in [1.165, 1.54) is 44.5 Å². The molecule has 4 atom stereocenters. The van der Waals surface area contributed by atoms with E-state index in [0.717, 1.165) is 16.4 Å². The highest BCUT2D eigenvalue weighted by atomic mass is 32.2. The van der Waals surface area contributed by atoms with Gasteiger partial charge in [0.15, 0.2) is 0 Å². The molecule has 2 fully saturated rings. The van der Waals surface area contributed by atoms with E-state index in [1.54, 1.807) is 6.92 Å². The summed E-state index contributed by atoms with van der Waals surface area (Å²) in [5.74, 6) is 2.64. The first kappa shape index (κ1) is 20.9. The van der Waals surface area contributed by atoms with E-state index in [1.807, 2.05) is 0 Å². The van der Waals surface area contributed by atoms with E-state index >= 15 is 0 Å². The molecule has 2 aromatic heterocycles. The molecular weight excluding hydrogens is 406 g/mol. The lowest BCUT2D eigenvalue weighted by molar-refractivity contribution is -0.119. The maximum Gasteiger partial charge on any atom is 0.328 e. The van der Waals surface area contributed by atoms with Gasteiger partial charge in [-0.25, -0.2) is 4.79 Å². The molecule has 162 valence electrons. The summed E-state index contributed by atoms with van der Waals surface area (Å²) in [5.41, 5.74) is 0.0190. The fourth-order valence-electron chi connectivity index (χ4n) is 4.94. The summed E-state index contributed by atoms with van der Waals surface area (Å²) in [6.45, 7) is 3.76. The number of amides is 1. The summed E-state index contributed by atoms with van der Waals surface area (Å²) in [7, 11) is 1.41. The minimum atomic E-state index is -0.464. The van der Waals surface area contributed by atoms with Crippen molar-refractivity contribution in [3.05, 3.63) is 38.0 Å². The fraction of sp³-hybridized carbons (Fsp3) is 0.650. The Labute approximate surface area is 178 Å². The van der Waals surface area contributed by atoms with Gasteiger partial charge in [-0.3, -0.25) is 14.2 Å². The Hall–Kier alpha value is -2.36. The second-order valence-electron chi connectivity index (χ2n) is 8.52. The summed E-state index contributed by atoms with van der Waals surface area (Å²) in [6, 6.07) is 0.186. The SMILES string of the molecule is Cc1[nH]c(=O)n(C)c(=O)c1Cc1nnc(SCC(=O)NC(C)C2CC3CCC2C3)o1. The highest BCUT2D eigenvalue weighted by Gasteiger charge is 2.42. The quantitative estimate of drug-likeness (QED) is 0.633. The first-order valence-electron chi connectivity index (χ1n) is 10.3. The molecule has 2 N–H and O–H groups in total. The zero-order valence-corrected chi connectivity index (χ0v) is 18.3. The van der Waals surface area contributed by atoms with Gasteiger partial charge in [0.05, 0.1) is 12.2 Å². The summed E-state index contributed by atoms with van der Waals surface area (Å²) in [4.78, 5) is 38.9. The van der Waals surface area contributed by atoms with Crippen LogP contribution in [0, 0.1) is 24.7 Å². The first-order valence-corrected chi connectivity index (χ1v) is 11.3. The Morgan fingerprint density at radius 2 is 2.13 bits per heavy atom. The predicted octanol–water partition coefficient (Wildman–Crippen LogP) is 1.39. The molecule has 4 rings (SSSR count). The highest BCUT2D eigenvalue weighted by molar-refractivity contribution is 7.99. The minimum Gasteiger partial charge on any atom is -0.416 e. The molecule has 0 saturated heterocycles. The number of H-pyrrole nitrogens is 1. The van der Waals surface area contributed by atoms with Crippen molar-refractivity contribution >= 4 is 17.7 Å². The third kappa shape index (κ3) is 4.23. The monoisotopic (exact) mass is 433 g/mol. The number of nitrogens with zero attached hydrogens (tertiary/aromatic N) is 3. The summed E-state index contributed by atoms with van der Waals surface area (Å²) >= 11 is 1.18. The number of rotatable bonds is 7. The van der Waals surface area contributed by atoms with E-state index in [9.17, 15) is 14.4 Å². The van der Waals surface area contributed by atoms with Crippen LogP contribution in [0.3, 0.4) is 0 Å². The molecule has 2 heterocycles. The van der Waals surface area contributed by atoms with Gasteiger partial charge in [0.2, 0.25) is 11.8 Å². The number of aryl methyl sites for hydroxylation is 1. The lowest BCUT2D eigenvalue weighted by Crippen LogP contribution is -2.40. The number of hydrogen-bond acceptors (Lipinski definition) is 7. The fourth-order valence-corrected chi connectivity index (χ4v) is 5.53. The molecular formula is C20H27N5O4S. The van der Waals surface area contributed by atoms with Crippen molar-refractivity contribution < 1.29 is 9.21 Å². The molecule has 10 heteroatoms. The molecule has 2 aromatic rings. The van der Waals surface area contributed by atoms with E-state index in [2.05, 4.69) is 27.4 Å². The molecule has 2 saturated carbocycles.